The molecule has 1 heterocycles. The number of aromatic amines is 1. The van der Waals surface area contributed by atoms with Crippen LogP contribution in [-0.4, -0.2) is 31.7 Å². The Kier molecular flexibility index (Phi) is 7.47. The van der Waals surface area contributed by atoms with E-state index in [1.54, 1.807) is 14.2 Å². The quantitative estimate of drug-likeness (QED) is 0.183. The number of aryl methyl sites for hydroxylation is 3. The summed E-state index contributed by atoms with van der Waals surface area (Å²) in [5.41, 5.74) is 12.1. The number of H-pyrrole nitrogens is 1. The normalized spacial score (nSPS) is 13.1. The second-order valence-corrected chi connectivity index (χ2v) is 7.42. The first-order valence-electron chi connectivity index (χ1n) is 10.1. The number of nitrogens with zero attached hydrogens (tertiary/aromatic N) is 1. The highest BCUT2D eigenvalue weighted by molar-refractivity contribution is 14.0. The van der Waals surface area contributed by atoms with Gasteiger partial charge in [-0.3, -0.25) is 4.99 Å². The first kappa shape index (κ1) is 22.3. The van der Waals surface area contributed by atoms with E-state index in [4.69, 9.17) is 15.2 Å². The summed E-state index contributed by atoms with van der Waals surface area (Å²) in [6.07, 6.45) is 5.37. The molecule has 7 heteroatoms. The lowest BCUT2D eigenvalue weighted by molar-refractivity contribution is 0.398. The van der Waals surface area contributed by atoms with Crippen molar-refractivity contribution >= 4 is 46.5 Å². The van der Waals surface area contributed by atoms with Gasteiger partial charge in [0.2, 0.25) is 0 Å². The molecule has 0 fully saturated rings. The first-order valence-corrected chi connectivity index (χ1v) is 10.1. The molecule has 1 aliphatic rings. The Labute approximate surface area is 194 Å². The fourth-order valence-electron chi connectivity index (χ4n) is 3.96. The molecule has 0 amide bonds. The number of anilines is 1. The van der Waals surface area contributed by atoms with E-state index in [1.165, 1.54) is 24.0 Å². The molecule has 1 aromatic heterocycles. The molecule has 0 saturated heterocycles. The molecule has 0 saturated carbocycles. The molecule has 4 N–H and O–H groups in total. The van der Waals surface area contributed by atoms with Crippen molar-refractivity contribution < 1.29 is 9.47 Å². The van der Waals surface area contributed by atoms with Crippen LogP contribution < -0.4 is 20.5 Å². The summed E-state index contributed by atoms with van der Waals surface area (Å²) in [5, 5.41) is 4.27. The van der Waals surface area contributed by atoms with Gasteiger partial charge in [0.1, 0.15) is 11.5 Å². The lowest BCUT2D eigenvalue weighted by atomic mass is 10.1. The molecule has 6 nitrogen and oxygen atoms in total. The smallest absolute Gasteiger partial charge is 0.193 e. The van der Waals surface area contributed by atoms with E-state index in [0.29, 0.717) is 12.5 Å². The van der Waals surface area contributed by atoms with E-state index >= 15 is 0 Å². The SMILES string of the molecule is COc1cc(OC)c2cc(CCCN=C(N)Nc3ccc4c(c3)CCC4)[nH]c2c1.I. The van der Waals surface area contributed by atoms with Crippen molar-refractivity contribution in [1.29, 1.82) is 0 Å². The molecule has 0 atom stereocenters. The van der Waals surface area contributed by atoms with Gasteiger partial charge in [0.25, 0.3) is 0 Å². The maximum atomic E-state index is 6.06. The zero-order chi connectivity index (χ0) is 20.2. The van der Waals surface area contributed by atoms with Crippen LogP contribution in [0.4, 0.5) is 5.69 Å². The summed E-state index contributed by atoms with van der Waals surface area (Å²) in [7, 11) is 3.33. The molecule has 0 radical (unpaired) electrons. The lowest BCUT2D eigenvalue weighted by Crippen LogP contribution is -2.23. The molecule has 2 aromatic carbocycles. The number of benzene rings is 2. The molecule has 1 aliphatic carbocycles. The minimum atomic E-state index is 0. The Morgan fingerprint density at radius 2 is 1.93 bits per heavy atom. The van der Waals surface area contributed by atoms with Gasteiger partial charge in [-0.1, -0.05) is 6.07 Å². The number of aromatic nitrogens is 1. The number of guanidine groups is 1. The molecule has 0 unspecified atom stereocenters. The number of halogens is 1. The summed E-state index contributed by atoms with van der Waals surface area (Å²) in [6.45, 7) is 0.666. The highest BCUT2D eigenvalue weighted by Crippen LogP contribution is 2.31. The van der Waals surface area contributed by atoms with Crippen LogP contribution in [0.15, 0.2) is 41.4 Å². The van der Waals surface area contributed by atoms with Crippen LogP contribution in [0.1, 0.15) is 29.7 Å². The fourth-order valence-corrected chi connectivity index (χ4v) is 3.96. The zero-order valence-corrected chi connectivity index (χ0v) is 19.8. The number of ether oxygens (including phenoxy) is 2. The van der Waals surface area contributed by atoms with Gasteiger partial charge in [0.05, 0.1) is 19.7 Å². The molecule has 3 aromatic rings. The summed E-state index contributed by atoms with van der Waals surface area (Å²) in [6, 6.07) is 12.5. The largest absolute Gasteiger partial charge is 0.497 e. The third-order valence-corrected chi connectivity index (χ3v) is 5.44. The van der Waals surface area contributed by atoms with Crippen LogP contribution in [0.25, 0.3) is 10.9 Å². The van der Waals surface area contributed by atoms with E-state index in [2.05, 4.69) is 39.6 Å². The monoisotopic (exact) mass is 520 g/mol. The standard InChI is InChI=1S/C23H28N4O2.HI/c1-28-19-13-21-20(22(14-19)29-2)12-17(26-21)7-4-10-25-23(24)27-18-9-8-15-5-3-6-16(15)11-18;/h8-9,11-14,26H,3-7,10H2,1-2H3,(H3,24,25,27);1H. The predicted molar refractivity (Wildman–Crippen MR) is 134 cm³/mol. The average molecular weight is 520 g/mol. The molecule has 0 spiro atoms. The van der Waals surface area contributed by atoms with Crippen LogP contribution in [0, 0.1) is 0 Å². The van der Waals surface area contributed by atoms with Crippen LogP contribution in [0.3, 0.4) is 0 Å². The van der Waals surface area contributed by atoms with Gasteiger partial charge < -0.3 is 25.5 Å². The van der Waals surface area contributed by atoms with E-state index in [1.807, 2.05) is 12.1 Å². The van der Waals surface area contributed by atoms with Crippen molar-refractivity contribution in [2.75, 3.05) is 26.1 Å². The van der Waals surface area contributed by atoms with E-state index in [-0.39, 0.29) is 24.0 Å². The minimum absolute atomic E-state index is 0. The lowest BCUT2D eigenvalue weighted by Gasteiger charge is -2.08. The summed E-state index contributed by atoms with van der Waals surface area (Å²) >= 11 is 0. The summed E-state index contributed by atoms with van der Waals surface area (Å²) in [4.78, 5) is 7.91. The van der Waals surface area contributed by atoms with Crippen LogP contribution in [0.5, 0.6) is 11.5 Å². The molecule has 0 aliphatic heterocycles. The maximum absolute atomic E-state index is 6.06. The van der Waals surface area contributed by atoms with Gasteiger partial charge in [-0.05, 0) is 61.4 Å². The van der Waals surface area contributed by atoms with Crippen LogP contribution in [-0.2, 0) is 19.3 Å². The van der Waals surface area contributed by atoms with Gasteiger partial charge in [-0.25, -0.2) is 0 Å². The van der Waals surface area contributed by atoms with Crippen molar-refractivity contribution in [2.45, 2.75) is 32.1 Å². The minimum Gasteiger partial charge on any atom is -0.497 e. The van der Waals surface area contributed by atoms with Crippen LogP contribution in [0.2, 0.25) is 0 Å². The highest BCUT2D eigenvalue weighted by Gasteiger charge is 2.11. The van der Waals surface area contributed by atoms with Crippen LogP contribution >= 0.6 is 24.0 Å². The number of rotatable bonds is 7. The molecule has 30 heavy (non-hydrogen) atoms. The summed E-state index contributed by atoms with van der Waals surface area (Å²) < 4.78 is 10.8. The Morgan fingerprint density at radius 1 is 1.10 bits per heavy atom. The number of hydrogen-bond donors (Lipinski definition) is 3. The zero-order valence-electron chi connectivity index (χ0n) is 17.5. The van der Waals surface area contributed by atoms with Crippen molar-refractivity contribution in [3.63, 3.8) is 0 Å². The first-order chi connectivity index (χ1) is 14.2. The van der Waals surface area contributed by atoms with Gasteiger partial charge >= 0.3 is 0 Å². The van der Waals surface area contributed by atoms with Gasteiger partial charge in [0.15, 0.2) is 5.96 Å². The van der Waals surface area contributed by atoms with Crippen molar-refractivity contribution in [3.05, 3.63) is 53.2 Å². The third kappa shape index (κ3) is 5.00. The number of fused-ring (bicyclic) bond motifs is 2. The van der Waals surface area contributed by atoms with Crippen molar-refractivity contribution in [3.8, 4) is 11.5 Å². The second kappa shape index (κ2) is 10.1. The predicted octanol–water partition coefficient (Wildman–Crippen LogP) is 4.65. The Bertz CT molecular complexity index is 1050. The van der Waals surface area contributed by atoms with Gasteiger partial charge in [-0.15, -0.1) is 24.0 Å². The molecule has 0 bridgehead atoms. The van der Waals surface area contributed by atoms with E-state index in [9.17, 15) is 0 Å². The highest BCUT2D eigenvalue weighted by atomic mass is 127. The van der Waals surface area contributed by atoms with Gasteiger partial charge in [-0.2, -0.15) is 0 Å². The maximum Gasteiger partial charge on any atom is 0.193 e. The fraction of sp³-hybridized carbons (Fsp3) is 0.348. The molecule has 4 rings (SSSR count). The average Bonchev–Trinajstić information content (AvgIpc) is 3.36. The molecular weight excluding hydrogens is 491 g/mol. The number of hydrogen-bond acceptors (Lipinski definition) is 3. The third-order valence-electron chi connectivity index (χ3n) is 5.44. The Hall–Kier alpha value is -2.42. The number of nitrogens with two attached hydrogens (primary N) is 1. The number of aliphatic imine (C=N–C) groups is 1. The Morgan fingerprint density at radius 3 is 2.73 bits per heavy atom. The van der Waals surface area contributed by atoms with E-state index < -0.39 is 0 Å². The second-order valence-electron chi connectivity index (χ2n) is 7.42. The summed E-state index contributed by atoms with van der Waals surface area (Å²) in [5.74, 6) is 2.05. The van der Waals surface area contributed by atoms with E-state index in [0.717, 1.165) is 53.0 Å². The van der Waals surface area contributed by atoms with Crippen molar-refractivity contribution in [2.24, 2.45) is 10.7 Å². The molecular formula is C23H29IN4O2. The van der Waals surface area contributed by atoms with Crippen molar-refractivity contribution in [1.82, 2.24) is 4.98 Å². The number of nitrogens with one attached hydrogen (secondary N) is 2. The Balaban J connectivity index is 0.00000256. The van der Waals surface area contributed by atoms with Gasteiger partial charge in [0, 0.05) is 35.4 Å². The number of methoxy groups -OCH3 is 2. The molecule has 160 valence electrons. The topological polar surface area (TPSA) is 84.7 Å².